The Morgan fingerprint density at radius 2 is 2.38 bits per heavy atom. The van der Waals surface area contributed by atoms with E-state index in [2.05, 4.69) is 15.4 Å². The lowest BCUT2D eigenvalue weighted by Gasteiger charge is -2.04. The lowest BCUT2D eigenvalue weighted by atomic mass is 10.2. The third-order valence-corrected chi connectivity index (χ3v) is 4.61. The summed E-state index contributed by atoms with van der Waals surface area (Å²) >= 11 is 2.73. The molecule has 2 rings (SSSR count). The molecule has 2 aromatic heterocycles. The molecule has 6 nitrogen and oxygen atoms in total. The molecule has 0 aromatic carbocycles. The summed E-state index contributed by atoms with van der Waals surface area (Å²) in [5.41, 5.74) is 3.64. The molecule has 0 aliphatic heterocycles. The van der Waals surface area contributed by atoms with Crippen LogP contribution in [0.25, 0.3) is 0 Å². The molecular formula is C13H16N4O2S2. The Morgan fingerprint density at radius 1 is 1.57 bits per heavy atom. The Bertz CT molecular complexity index is 681. The second kappa shape index (κ2) is 7.39. The van der Waals surface area contributed by atoms with Crippen LogP contribution in [0.3, 0.4) is 0 Å². The predicted octanol–water partition coefficient (Wildman–Crippen LogP) is 1.68. The van der Waals surface area contributed by atoms with Crippen molar-refractivity contribution >= 4 is 29.0 Å². The molecule has 0 radical (unpaired) electrons. The van der Waals surface area contributed by atoms with Crippen molar-refractivity contribution in [2.24, 2.45) is 5.84 Å². The minimum absolute atomic E-state index is 0.152. The highest BCUT2D eigenvalue weighted by Crippen LogP contribution is 2.24. The first-order chi connectivity index (χ1) is 10.1. The maximum absolute atomic E-state index is 11.6. The average Bonchev–Trinajstić information content (AvgIpc) is 2.92. The number of amides is 1. The van der Waals surface area contributed by atoms with E-state index in [1.165, 1.54) is 29.2 Å². The van der Waals surface area contributed by atoms with Gasteiger partial charge in [0.25, 0.3) is 11.5 Å². The Balaban J connectivity index is 2.11. The van der Waals surface area contributed by atoms with Crippen molar-refractivity contribution in [3.63, 3.8) is 0 Å². The number of hydrogen-bond donors (Lipinski definition) is 3. The van der Waals surface area contributed by atoms with Gasteiger partial charge in [-0.1, -0.05) is 25.1 Å². The van der Waals surface area contributed by atoms with Crippen LogP contribution in [0, 0.1) is 0 Å². The highest BCUT2D eigenvalue weighted by atomic mass is 32.2. The van der Waals surface area contributed by atoms with Gasteiger partial charge in [0.15, 0.2) is 5.16 Å². The fourth-order valence-corrected chi connectivity index (χ4v) is 3.60. The second-order valence-corrected chi connectivity index (χ2v) is 6.21. The normalized spacial score (nSPS) is 10.6. The molecule has 0 saturated heterocycles. The van der Waals surface area contributed by atoms with Crippen LogP contribution in [0.2, 0.25) is 0 Å². The van der Waals surface area contributed by atoms with E-state index in [1.54, 1.807) is 0 Å². The first kappa shape index (κ1) is 15.7. The number of thiophene rings is 1. The van der Waals surface area contributed by atoms with E-state index >= 15 is 0 Å². The van der Waals surface area contributed by atoms with Gasteiger partial charge < -0.3 is 4.98 Å². The topological polar surface area (TPSA) is 101 Å². The molecule has 0 atom stereocenters. The fourth-order valence-electron chi connectivity index (χ4n) is 1.80. The van der Waals surface area contributed by atoms with Crippen molar-refractivity contribution in [1.29, 1.82) is 0 Å². The van der Waals surface area contributed by atoms with Crippen LogP contribution in [0.15, 0.2) is 27.5 Å². The number of nitrogens with one attached hydrogen (secondary N) is 2. The number of carbonyl (C=O) groups is 1. The van der Waals surface area contributed by atoms with Crippen LogP contribution < -0.4 is 16.8 Å². The first-order valence-corrected chi connectivity index (χ1v) is 8.31. The molecule has 0 saturated carbocycles. The summed E-state index contributed by atoms with van der Waals surface area (Å²) in [6.07, 6.45) is 1.71. The number of nitrogens with two attached hydrogens (primary N) is 1. The van der Waals surface area contributed by atoms with E-state index in [1.807, 2.05) is 18.4 Å². The molecule has 0 aliphatic carbocycles. The molecule has 112 valence electrons. The second-order valence-electron chi connectivity index (χ2n) is 4.33. The van der Waals surface area contributed by atoms with Crippen molar-refractivity contribution < 1.29 is 4.79 Å². The molecule has 8 heteroatoms. The first-order valence-electron chi connectivity index (χ1n) is 6.44. The third kappa shape index (κ3) is 4.16. The van der Waals surface area contributed by atoms with Gasteiger partial charge in [-0.3, -0.25) is 15.0 Å². The zero-order chi connectivity index (χ0) is 15.2. The van der Waals surface area contributed by atoms with E-state index in [9.17, 15) is 9.59 Å². The number of thioether (sulfide) groups is 1. The molecule has 21 heavy (non-hydrogen) atoms. The zero-order valence-electron chi connectivity index (χ0n) is 11.5. The smallest absolute Gasteiger partial charge is 0.275 e. The van der Waals surface area contributed by atoms with Crippen LogP contribution in [-0.4, -0.2) is 15.9 Å². The van der Waals surface area contributed by atoms with Crippen molar-refractivity contribution in [3.8, 4) is 0 Å². The van der Waals surface area contributed by atoms with Gasteiger partial charge in [0, 0.05) is 17.5 Å². The summed E-state index contributed by atoms with van der Waals surface area (Å²) in [6.45, 7) is 2.04. The Labute approximate surface area is 130 Å². The van der Waals surface area contributed by atoms with E-state index in [0.29, 0.717) is 15.8 Å². The number of hydrazine groups is 1. The van der Waals surface area contributed by atoms with Gasteiger partial charge in [-0.05, 0) is 23.4 Å². The highest BCUT2D eigenvalue weighted by molar-refractivity contribution is 7.98. The van der Waals surface area contributed by atoms with Gasteiger partial charge in [0.05, 0.1) is 4.88 Å². The van der Waals surface area contributed by atoms with Gasteiger partial charge in [-0.2, -0.15) is 0 Å². The fraction of sp³-hybridized carbons (Fsp3) is 0.308. The van der Waals surface area contributed by atoms with Gasteiger partial charge in [-0.15, -0.1) is 11.3 Å². The molecule has 0 aliphatic rings. The maximum atomic E-state index is 11.6. The van der Waals surface area contributed by atoms with E-state index in [4.69, 9.17) is 5.84 Å². The molecule has 0 bridgehead atoms. The van der Waals surface area contributed by atoms with E-state index in [-0.39, 0.29) is 11.5 Å². The number of rotatable bonds is 6. The Kier molecular flexibility index (Phi) is 5.54. The van der Waals surface area contributed by atoms with Crippen molar-refractivity contribution in [1.82, 2.24) is 15.4 Å². The molecule has 2 aromatic rings. The number of hydrogen-bond acceptors (Lipinski definition) is 6. The molecule has 0 unspecified atom stereocenters. The van der Waals surface area contributed by atoms with Crippen LogP contribution in [-0.2, 0) is 12.2 Å². The summed E-state index contributed by atoms with van der Waals surface area (Å²) in [5.74, 6) is 5.40. The van der Waals surface area contributed by atoms with Crippen LogP contribution in [0.5, 0.6) is 0 Å². The number of nitrogen functional groups attached to an aromatic ring is 1. The summed E-state index contributed by atoms with van der Waals surface area (Å²) in [4.78, 5) is 30.9. The molecule has 0 fully saturated rings. The number of aromatic amines is 1. The zero-order valence-corrected chi connectivity index (χ0v) is 13.1. The number of aryl methyl sites for hydroxylation is 1. The van der Waals surface area contributed by atoms with Crippen LogP contribution in [0.4, 0.5) is 0 Å². The largest absolute Gasteiger partial charge is 0.301 e. The highest BCUT2D eigenvalue weighted by Gasteiger charge is 2.12. The van der Waals surface area contributed by atoms with Crippen LogP contribution >= 0.6 is 23.1 Å². The molecule has 0 spiro atoms. The lowest BCUT2D eigenvalue weighted by molar-refractivity contribution is 0.0957. The van der Waals surface area contributed by atoms with Crippen molar-refractivity contribution in [3.05, 3.63) is 44.0 Å². The lowest BCUT2D eigenvalue weighted by Crippen LogP contribution is -2.29. The van der Waals surface area contributed by atoms with Gasteiger partial charge in [0.1, 0.15) is 0 Å². The van der Waals surface area contributed by atoms with Gasteiger partial charge in [0.2, 0.25) is 0 Å². The van der Waals surface area contributed by atoms with E-state index < -0.39 is 0 Å². The van der Waals surface area contributed by atoms with Crippen molar-refractivity contribution in [2.45, 2.75) is 30.7 Å². The number of H-pyrrole nitrogens is 1. The Hall–Kier alpha value is -1.64. The maximum Gasteiger partial charge on any atom is 0.275 e. The number of aromatic nitrogens is 2. The number of carbonyl (C=O) groups excluding carboxylic acids is 1. The standard InChI is InChI=1S/C13H16N4O2S2/c1-2-3-9-6-10(18)16-13(15-9)21-7-8-4-5-20-11(8)12(19)17-14/h4-6H,2-3,7,14H2,1H3,(H,17,19)(H,15,16,18). The van der Waals surface area contributed by atoms with E-state index in [0.717, 1.165) is 24.1 Å². The predicted molar refractivity (Wildman–Crippen MR) is 84.4 cm³/mol. The Morgan fingerprint density at radius 3 is 3.10 bits per heavy atom. The average molecular weight is 324 g/mol. The third-order valence-electron chi connectivity index (χ3n) is 2.73. The summed E-state index contributed by atoms with van der Waals surface area (Å²) in [7, 11) is 0. The quantitative estimate of drug-likeness (QED) is 0.247. The molecular weight excluding hydrogens is 308 g/mol. The molecule has 4 N–H and O–H groups in total. The number of nitrogens with zero attached hydrogens (tertiary/aromatic N) is 1. The van der Waals surface area contributed by atoms with Crippen molar-refractivity contribution in [2.75, 3.05) is 0 Å². The summed E-state index contributed by atoms with van der Waals surface area (Å²) in [6, 6.07) is 3.39. The summed E-state index contributed by atoms with van der Waals surface area (Å²) < 4.78 is 0. The minimum atomic E-state index is -0.304. The monoisotopic (exact) mass is 324 g/mol. The molecule has 1 amide bonds. The van der Waals surface area contributed by atoms with Gasteiger partial charge >= 0.3 is 0 Å². The summed E-state index contributed by atoms with van der Waals surface area (Å²) in [5, 5.41) is 2.40. The minimum Gasteiger partial charge on any atom is -0.301 e. The SMILES string of the molecule is CCCc1cc(=O)[nH]c(SCc2ccsc2C(=O)NN)n1. The van der Waals surface area contributed by atoms with Gasteiger partial charge in [-0.25, -0.2) is 10.8 Å². The molecule has 2 heterocycles. The van der Waals surface area contributed by atoms with Crippen LogP contribution in [0.1, 0.15) is 34.3 Å².